The zero-order chi connectivity index (χ0) is 16.4. The Labute approximate surface area is 147 Å². The Morgan fingerprint density at radius 2 is 1.64 bits per heavy atom. The molecule has 0 aromatic heterocycles. The summed E-state index contributed by atoms with van der Waals surface area (Å²) in [5.74, 6) is 0.317. The van der Waals surface area contributed by atoms with Crippen molar-refractivity contribution >= 4 is 43.5 Å². The molecule has 1 amide bonds. The molecule has 0 aliphatic rings. The van der Waals surface area contributed by atoms with E-state index in [2.05, 4.69) is 49.3 Å². The molecular formula is C17H17Br2NO2. The van der Waals surface area contributed by atoms with Gasteiger partial charge in [-0.3, -0.25) is 4.79 Å². The first-order valence-corrected chi connectivity index (χ1v) is 8.34. The van der Waals surface area contributed by atoms with Crippen LogP contribution < -0.4 is 10.1 Å². The molecule has 0 radical (unpaired) electrons. The van der Waals surface area contributed by atoms with Gasteiger partial charge < -0.3 is 10.1 Å². The summed E-state index contributed by atoms with van der Waals surface area (Å²) < 4.78 is 6.88. The van der Waals surface area contributed by atoms with E-state index in [1.54, 1.807) is 13.2 Å². The van der Waals surface area contributed by atoms with Crippen molar-refractivity contribution in [1.29, 1.82) is 0 Å². The number of anilines is 1. The molecule has 0 fully saturated rings. The zero-order valence-electron chi connectivity index (χ0n) is 12.9. The second-order valence-electron chi connectivity index (χ2n) is 5.20. The highest BCUT2D eigenvalue weighted by molar-refractivity contribution is 9.11. The second kappa shape index (κ2) is 6.84. The summed E-state index contributed by atoms with van der Waals surface area (Å²) in [5, 5.41) is 2.99. The number of benzene rings is 2. The highest BCUT2D eigenvalue weighted by Gasteiger charge is 2.18. The van der Waals surface area contributed by atoms with Crippen LogP contribution in [0.5, 0.6) is 5.75 Å². The number of rotatable bonds is 3. The maximum atomic E-state index is 12.7. The van der Waals surface area contributed by atoms with Crippen molar-refractivity contribution in [2.24, 2.45) is 0 Å². The van der Waals surface area contributed by atoms with Gasteiger partial charge in [-0.2, -0.15) is 0 Å². The third-order valence-corrected chi connectivity index (χ3v) is 4.42. The summed E-state index contributed by atoms with van der Waals surface area (Å²) in [6.07, 6.45) is 0. The Kier molecular flexibility index (Phi) is 5.29. The molecule has 0 saturated heterocycles. The molecule has 0 aliphatic heterocycles. The van der Waals surface area contributed by atoms with Gasteiger partial charge in [0.2, 0.25) is 0 Å². The molecule has 1 N–H and O–H groups in total. The number of ether oxygens (including phenoxy) is 1. The van der Waals surface area contributed by atoms with E-state index in [1.165, 1.54) is 5.56 Å². The summed E-state index contributed by atoms with van der Waals surface area (Å²) in [5.41, 5.74) is 4.57. The van der Waals surface area contributed by atoms with E-state index < -0.39 is 0 Å². The Morgan fingerprint density at radius 3 is 2.18 bits per heavy atom. The fourth-order valence-electron chi connectivity index (χ4n) is 2.49. The third-order valence-electron chi connectivity index (χ3n) is 3.37. The maximum absolute atomic E-state index is 12.7. The third kappa shape index (κ3) is 3.52. The normalized spacial score (nSPS) is 10.5. The smallest absolute Gasteiger partial charge is 0.259 e. The van der Waals surface area contributed by atoms with E-state index in [0.717, 1.165) is 25.8 Å². The van der Waals surface area contributed by atoms with Crippen LogP contribution in [0.1, 0.15) is 27.0 Å². The zero-order valence-corrected chi connectivity index (χ0v) is 16.1. The molecule has 5 heteroatoms. The van der Waals surface area contributed by atoms with E-state index in [9.17, 15) is 4.79 Å². The number of aryl methyl sites for hydroxylation is 3. The van der Waals surface area contributed by atoms with Crippen LogP contribution in [-0.2, 0) is 0 Å². The first kappa shape index (κ1) is 17.0. The van der Waals surface area contributed by atoms with Gasteiger partial charge in [-0.1, -0.05) is 33.6 Å². The maximum Gasteiger partial charge on any atom is 0.259 e. The van der Waals surface area contributed by atoms with Crippen LogP contribution in [0, 0.1) is 20.8 Å². The molecule has 0 bridgehead atoms. The molecule has 116 valence electrons. The van der Waals surface area contributed by atoms with Crippen LogP contribution in [0.3, 0.4) is 0 Å². The number of nitrogens with one attached hydrogen (secondary N) is 1. The largest absolute Gasteiger partial charge is 0.495 e. The summed E-state index contributed by atoms with van der Waals surface area (Å²) in [6.45, 7) is 6.02. The monoisotopic (exact) mass is 425 g/mol. The van der Waals surface area contributed by atoms with Gasteiger partial charge in [0.15, 0.2) is 0 Å². The molecule has 0 unspecified atom stereocenters. The van der Waals surface area contributed by atoms with E-state index in [0.29, 0.717) is 11.3 Å². The fraction of sp³-hybridized carbons (Fsp3) is 0.235. The average Bonchev–Trinajstić information content (AvgIpc) is 2.41. The molecule has 0 atom stereocenters. The van der Waals surface area contributed by atoms with Crippen LogP contribution in [0.15, 0.2) is 33.2 Å². The minimum Gasteiger partial charge on any atom is -0.495 e. The van der Waals surface area contributed by atoms with Gasteiger partial charge in [0.25, 0.3) is 5.91 Å². The standard InChI is InChI=1S/C17H17Br2NO2/c1-9-5-10(2)15(11(3)6-9)20-17(21)13-7-12(18)8-14(19)16(13)22-4/h5-8H,1-4H3,(H,20,21). The molecular weight excluding hydrogens is 410 g/mol. The molecule has 2 aromatic rings. The number of methoxy groups -OCH3 is 1. The molecule has 2 aromatic carbocycles. The quantitative estimate of drug-likeness (QED) is 0.713. The molecule has 0 heterocycles. The van der Waals surface area contributed by atoms with Crippen LogP contribution in [0.4, 0.5) is 5.69 Å². The lowest BCUT2D eigenvalue weighted by Gasteiger charge is -2.15. The predicted molar refractivity (Wildman–Crippen MR) is 97.0 cm³/mol. The Balaban J connectivity index is 2.43. The molecule has 0 saturated carbocycles. The Bertz CT molecular complexity index is 719. The summed E-state index contributed by atoms with van der Waals surface area (Å²) in [6, 6.07) is 7.70. The van der Waals surface area contributed by atoms with Gasteiger partial charge in [0.05, 0.1) is 17.1 Å². The van der Waals surface area contributed by atoms with Crippen LogP contribution in [0.25, 0.3) is 0 Å². The van der Waals surface area contributed by atoms with Gasteiger partial charge in [0.1, 0.15) is 5.75 Å². The predicted octanol–water partition coefficient (Wildman–Crippen LogP) is 5.40. The molecule has 22 heavy (non-hydrogen) atoms. The topological polar surface area (TPSA) is 38.3 Å². The van der Waals surface area contributed by atoms with E-state index >= 15 is 0 Å². The number of hydrogen-bond donors (Lipinski definition) is 1. The number of hydrogen-bond acceptors (Lipinski definition) is 2. The van der Waals surface area contributed by atoms with Crippen molar-refractivity contribution in [3.05, 3.63) is 55.5 Å². The summed E-state index contributed by atoms with van der Waals surface area (Å²) in [7, 11) is 1.55. The minimum absolute atomic E-state index is 0.200. The summed E-state index contributed by atoms with van der Waals surface area (Å²) >= 11 is 6.82. The number of carbonyl (C=O) groups excluding carboxylic acids is 1. The van der Waals surface area contributed by atoms with E-state index in [1.807, 2.05) is 26.8 Å². The lowest BCUT2D eigenvalue weighted by molar-refractivity contribution is 0.102. The van der Waals surface area contributed by atoms with Crippen LogP contribution >= 0.6 is 31.9 Å². The molecule has 2 rings (SSSR count). The molecule has 0 aliphatic carbocycles. The van der Waals surface area contributed by atoms with Gasteiger partial charge in [-0.05, 0) is 60.0 Å². The van der Waals surface area contributed by atoms with Gasteiger partial charge in [-0.15, -0.1) is 0 Å². The first-order valence-electron chi connectivity index (χ1n) is 6.75. The lowest BCUT2D eigenvalue weighted by Crippen LogP contribution is -2.15. The van der Waals surface area contributed by atoms with Crippen LogP contribution in [0.2, 0.25) is 0 Å². The summed E-state index contributed by atoms with van der Waals surface area (Å²) in [4.78, 5) is 12.7. The van der Waals surface area contributed by atoms with Crippen molar-refractivity contribution in [1.82, 2.24) is 0 Å². The van der Waals surface area contributed by atoms with Crippen molar-refractivity contribution in [3.8, 4) is 5.75 Å². The van der Waals surface area contributed by atoms with Gasteiger partial charge in [-0.25, -0.2) is 0 Å². The van der Waals surface area contributed by atoms with E-state index in [4.69, 9.17) is 4.74 Å². The van der Waals surface area contributed by atoms with Crippen molar-refractivity contribution in [2.75, 3.05) is 12.4 Å². The SMILES string of the molecule is COc1c(Br)cc(Br)cc1C(=O)Nc1c(C)cc(C)cc1C. The van der Waals surface area contributed by atoms with Crippen molar-refractivity contribution < 1.29 is 9.53 Å². The molecule has 0 spiro atoms. The first-order chi connectivity index (χ1) is 10.3. The van der Waals surface area contributed by atoms with Crippen LogP contribution in [-0.4, -0.2) is 13.0 Å². The average molecular weight is 427 g/mol. The highest BCUT2D eigenvalue weighted by Crippen LogP contribution is 2.33. The molecule has 3 nitrogen and oxygen atoms in total. The van der Waals surface area contributed by atoms with E-state index in [-0.39, 0.29) is 5.91 Å². The second-order valence-corrected chi connectivity index (χ2v) is 6.97. The number of amides is 1. The Morgan fingerprint density at radius 1 is 1.05 bits per heavy atom. The van der Waals surface area contributed by atoms with Crippen molar-refractivity contribution in [3.63, 3.8) is 0 Å². The minimum atomic E-state index is -0.200. The van der Waals surface area contributed by atoms with Gasteiger partial charge in [0, 0.05) is 10.2 Å². The number of halogens is 2. The fourth-order valence-corrected chi connectivity index (χ4v) is 3.88. The lowest BCUT2D eigenvalue weighted by atomic mass is 10.0. The highest BCUT2D eigenvalue weighted by atomic mass is 79.9. The van der Waals surface area contributed by atoms with Gasteiger partial charge >= 0.3 is 0 Å². The Hall–Kier alpha value is -1.33. The number of carbonyl (C=O) groups is 1. The van der Waals surface area contributed by atoms with Crippen molar-refractivity contribution in [2.45, 2.75) is 20.8 Å².